The van der Waals surface area contributed by atoms with Gasteiger partial charge in [0.25, 0.3) is 0 Å². The molecule has 0 saturated carbocycles. The molecule has 0 aromatic rings. The van der Waals surface area contributed by atoms with Gasteiger partial charge in [0.1, 0.15) is 0 Å². The molecule has 0 radical (unpaired) electrons. The van der Waals surface area contributed by atoms with Crippen molar-refractivity contribution in [3.05, 3.63) is 36.5 Å². The largest absolute Gasteiger partial charge is 0.147 e. The molecule has 9 heavy (non-hydrogen) atoms. The third-order valence-corrected chi connectivity index (χ3v) is 0.718. The summed E-state index contributed by atoms with van der Waals surface area (Å²) >= 11 is 0. The van der Waals surface area contributed by atoms with Crippen molar-refractivity contribution in [1.29, 1.82) is 0 Å². The third kappa shape index (κ3) is 11.2. The minimum Gasteiger partial charge on any atom is -0.147 e. The van der Waals surface area contributed by atoms with Crippen molar-refractivity contribution < 1.29 is 0 Å². The lowest BCUT2D eigenvalue weighted by atomic mass is 10.4. The summed E-state index contributed by atoms with van der Waals surface area (Å²) in [5, 5.41) is 0. The van der Waals surface area contributed by atoms with Crippen LogP contribution in [0.5, 0.6) is 0 Å². The van der Waals surface area contributed by atoms with Gasteiger partial charge in [-0.25, -0.2) is 0 Å². The Morgan fingerprint density at radius 1 is 0.667 bits per heavy atom. The summed E-state index contributed by atoms with van der Waals surface area (Å²) in [5.41, 5.74) is 0. The molecular formula is C8H13Cl. The Hall–Kier alpha value is -0.490. The molecular weight excluding hydrogens is 132 g/mol. The second kappa shape index (κ2) is 10.5. The molecule has 0 atom stereocenters. The van der Waals surface area contributed by atoms with Crippen molar-refractivity contribution in [1.82, 2.24) is 0 Å². The molecule has 0 heterocycles. The molecule has 0 aliphatic rings. The fraction of sp³-hybridized carbons (Fsp3) is 0.250. The molecule has 0 amide bonds. The molecule has 0 bridgehead atoms. The standard InChI is InChI=1S/C8H12.ClH/c1-3-5-7-8-6-4-2;/h3-8H,1-2H3;1H. The number of allylic oxidation sites excluding steroid dienone is 6. The predicted molar refractivity (Wildman–Crippen MR) is 46.0 cm³/mol. The van der Waals surface area contributed by atoms with Gasteiger partial charge in [0.05, 0.1) is 0 Å². The lowest BCUT2D eigenvalue weighted by Crippen LogP contribution is -1.46. The van der Waals surface area contributed by atoms with Gasteiger partial charge in [0.15, 0.2) is 0 Å². The first-order valence-electron chi connectivity index (χ1n) is 2.82. The van der Waals surface area contributed by atoms with E-state index >= 15 is 0 Å². The van der Waals surface area contributed by atoms with E-state index in [-0.39, 0.29) is 12.4 Å². The lowest BCUT2D eigenvalue weighted by molar-refractivity contribution is 1.71. The van der Waals surface area contributed by atoms with Crippen molar-refractivity contribution in [3.63, 3.8) is 0 Å². The number of hydrogen-bond acceptors (Lipinski definition) is 0. The Bertz CT molecular complexity index is 95.7. The SMILES string of the molecule is CC=CC=CC=CC.Cl. The van der Waals surface area contributed by atoms with Gasteiger partial charge in [0.2, 0.25) is 0 Å². The van der Waals surface area contributed by atoms with Gasteiger partial charge >= 0.3 is 0 Å². The van der Waals surface area contributed by atoms with E-state index in [1.54, 1.807) is 0 Å². The summed E-state index contributed by atoms with van der Waals surface area (Å²) < 4.78 is 0. The highest BCUT2D eigenvalue weighted by Crippen LogP contribution is 1.77. The monoisotopic (exact) mass is 144 g/mol. The Labute approximate surface area is 63.4 Å². The van der Waals surface area contributed by atoms with Gasteiger partial charge in [0, 0.05) is 0 Å². The van der Waals surface area contributed by atoms with E-state index in [2.05, 4.69) is 0 Å². The van der Waals surface area contributed by atoms with Gasteiger partial charge in [-0.15, -0.1) is 12.4 Å². The van der Waals surface area contributed by atoms with Gasteiger partial charge in [-0.3, -0.25) is 0 Å². The van der Waals surface area contributed by atoms with E-state index in [0.29, 0.717) is 0 Å². The van der Waals surface area contributed by atoms with Crippen molar-refractivity contribution in [2.75, 3.05) is 0 Å². The number of hydrogen-bond donors (Lipinski definition) is 0. The second-order valence-corrected chi connectivity index (χ2v) is 1.44. The maximum Gasteiger partial charge on any atom is -0.0467 e. The van der Waals surface area contributed by atoms with Crippen LogP contribution in [0, 0.1) is 0 Å². The molecule has 0 aromatic carbocycles. The summed E-state index contributed by atoms with van der Waals surface area (Å²) in [5.74, 6) is 0. The zero-order chi connectivity index (χ0) is 6.24. The van der Waals surface area contributed by atoms with Crippen LogP contribution in [0.25, 0.3) is 0 Å². The van der Waals surface area contributed by atoms with E-state index < -0.39 is 0 Å². The van der Waals surface area contributed by atoms with Crippen LogP contribution in [-0.2, 0) is 0 Å². The van der Waals surface area contributed by atoms with Crippen molar-refractivity contribution >= 4 is 12.4 Å². The molecule has 0 aliphatic carbocycles. The molecule has 0 saturated heterocycles. The van der Waals surface area contributed by atoms with Crippen LogP contribution in [0.1, 0.15) is 13.8 Å². The maximum absolute atomic E-state index is 2.00. The molecule has 0 N–H and O–H groups in total. The first-order chi connectivity index (χ1) is 3.91. The Morgan fingerprint density at radius 3 is 1.22 bits per heavy atom. The Balaban J connectivity index is 0. The number of rotatable bonds is 2. The van der Waals surface area contributed by atoms with Gasteiger partial charge in [-0.2, -0.15) is 0 Å². The Kier molecular flexibility index (Phi) is 13.2. The maximum atomic E-state index is 2.00. The van der Waals surface area contributed by atoms with Crippen LogP contribution in [0.3, 0.4) is 0 Å². The third-order valence-electron chi connectivity index (χ3n) is 0.718. The zero-order valence-electron chi connectivity index (χ0n) is 5.87. The fourth-order valence-electron chi connectivity index (χ4n) is 0.351. The average Bonchev–Trinajstić information content (AvgIpc) is 1.81. The van der Waals surface area contributed by atoms with Crippen LogP contribution in [0.2, 0.25) is 0 Å². The van der Waals surface area contributed by atoms with Gasteiger partial charge in [-0.1, -0.05) is 36.5 Å². The molecule has 0 fully saturated rings. The first kappa shape index (κ1) is 11.3. The average molecular weight is 145 g/mol. The summed E-state index contributed by atoms with van der Waals surface area (Å²) in [6, 6.07) is 0. The quantitative estimate of drug-likeness (QED) is 0.523. The summed E-state index contributed by atoms with van der Waals surface area (Å²) in [6.07, 6.45) is 12.0. The topological polar surface area (TPSA) is 0 Å². The number of halogens is 1. The molecule has 0 nitrogen and oxygen atoms in total. The van der Waals surface area contributed by atoms with Gasteiger partial charge in [-0.05, 0) is 13.8 Å². The molecule has 0 spiro atoms. The summed E-state index contributed by atoms with van der Waals surface area (Å²) in [4.78, 5) is 0. The normalized spacial score (nSPS) is 11.3. The van der Waals surface area contributed by atoms with Crippen LogP contribution in [0.4, 0.5) is 0 Å². The van der Waals surface area contributed by atoms with Crippen LogP contribution < -0.4 is 0 Å². The lowest BCUT2D eigenvalue weighted by Gasteiger charge is -1.68. The van der Waals surface area contributed by atoms with Crippen molar-refractivity contribution in [3.8, 4) is 0 Å². The molecule has 0 aliphatic heterocycles. The summed E-state index contributed by atoms with van der Waals surface area (Å²) in [6.45, 7) is 4.00. The van der Waals surface area contributed by atoms with Crippen molar-refractivity contribution in [2.24, 2.45) is 0 Å². The van der Waals surface area contributed by atoms with Gasteiger partial charge < -0.3 is 0 Å². The van der Waals surface area contributed by atoms with E-state index in [4.69, 9.17) is 0 Å². The van der Waals surface area contributed by atoms with Crippen LogP contribution in [-0.4, -0.2) is 0 Å². The van der Waals surface area contributed by atoms with E-state index in [9.17, 15) is 0 Å². The van der Waals surface area contributed by atoms with Crippen LogP contribution in [0.15, 0.2) is 36.5 Å². The minimum absolute atomic E-state index is 0. The molecule has 52 valence electrons. The highest BCUT2D eigenvalue weighted by molar-refractivity contribution is 5.85. The highest BCUT2D eigenvalue weighted by Gasteiger charge is 1.55. The smallest absolute Gasteiger partial charge is 0.0467 e. The van der Waals surface area contributed by atoms with E-state index in [1.807, 2.05) is 50.3 Å². The summed E-state index contributed by atoms with van der Waals surface area (Å²) in [7, 11) is 0. The van der Waals surface area contributed by atoms with E-state index in [0.717, 1.165) is 0 Å². The second-order valence-electron chi connectivity index (χ2n) is 1.44. The van der Waals surface area contributed by atoms with Crippen molar-refractivity contribution in [2.45, 2.75) is 13.8 Å². The minimum atomic E-state index is 0. The molecule has 0 rings (SSSR count). The molecule has 0 aromatic heterocycles. The predicted octanol–water partition coefficient (Wildman–Crippen LogP) is 3.12. The van der Waals surface area contributed by atoms with E-state index in [1.165, 1.54) is 0 Å². The fourth-order valence-corrected chi connectivity index (χ4v) is 0.351. The first-order valence-corrected chi connectivity index (χ1v) is 2.82. The molecule has 1 heteroatoms. The molecule has 0 unspecified atom stereocenters. The Morgan fingerprint density at radius 2 is 1.00 bits per heavy atom. The highest BCUT2D eigenvalue weighted by atomic mass is 35.5. The van der Waals surface area contributed by atoms with Crippen LogP contribution >= 0.6 is 12.4 Å². The zero-order valence-corrected chi connectivity index (χ0v) is 6.69.